The molecule has 1 saturated heterocycles. The number of aliphatic hydroxyl groups is 2. The van der Waals surface area contributed by atoms with Crippen molar-refractivity contribution < 1.29 is 47.3 Å². The third kappa shape index (κ3) is 14.1. The number of nitrogen functional groups attached to an aromatic ring is 1. The summed E-state index contributed by atoms with van der Waals surface area (Å²) in [4.78, 5) is 14.5. The van der Waals surface area contributed by atoms with Crippen LogP contribution in [0.3, 0.4) is 0 Å². The molecular formula is C42H61FN5O9P. The number of nitrogens with two attached hydrogens (primary N) is 1. The number of unbranched alkanes of at least 4 members (excludes halogenated alkanes) is 15. The van der Waals surface area contributed by atoms with Crippen molar-refractivity contribution in [2.75, 3.05) is 32.2 Å². The topological polar surface area (TPSA) is 204 Å². The van der Waals surface area contributed by atoms with Crippen molar-refractivity contribution in [2.24, 2.45) is 0 Å². The molecule has 0 amide bonds. The lowest BCUT2D eigenvalue weighted by Gasteiger charge is -2.26. The van der Waals surface area contributed by atoms with Gasteiger partial charge < -0.3 is 35.1 Å². The summed E-state index contributed by atoms with van der Waals surface area (Å²) in [6.07, 6.45) is 21.7. The Bertz CT molecular complexity index is 1820. The van der Waals surface area contributed by atoms with Crippen LogP contribution in [0.25, 0.3) is 5.52 Å². The number of hydrogen-bond donors (Lipinski definition) is 4. The molecule has 320 valence electrons. The van der Waals surface area contributed by atoms with Crippen LogP contribution in [-0.2, 0) is 40.0 Å². The number of aliphatic hydroxyl groups excluding tert-OH is 2. The van der Waals surface area contributed by atoms with Crippen LogP contribution >= 0.6 is 7.82 Å². The first-order chi connectivity index (χ1) is 28.0. The minimum Gasteiger partial charge on any atom is -0.387 e. The minimum atomic E-state index is -4.79. The molecule has 0 saturated carbocycles. The molecule has 6 atom stereocenters. The molecule has 58 heavy (non-hydrogen) atoms. The molecule has 0 bridgehead atoms. The van der Waals surface area contributed by atoms with E-state index in [9.17, 15) is 29.3 Å². The first kappa shape index (κ1) is 47.2. The predicted molar refractivity (Wildman–Crippen MR) is 217 cm³/mol. The number of phosphoric ester groups is 1. The van der Waals surface area contributed by atoms with Crippen LogP contribution in [0, 0.1) is 29.5 Å². The van der Waals surface area contributed by atoms with E-state index in [4.69, 9.17) is 35.4 Å². The summed E-state index contributed by atoms with van der Waals surface area (Å²) in [5.41, 5.74) is 4.97. The highest BCUT2D eigenvalue weighted by Gasteiger charge is 2.56. The lowest BCUT2D eigenvalue weighted by molar-refractivity contribution is -0.0681. The zero-order chi connectivity index (χ0) is 41.8. The Balaban J connectivity index is 1.20. The van der Waals surface area contributed by atoms with Crippen LogP contribution in [0.5, 0.6) is 0 Å². The van der Waals surface area contributed by atoms with E-state index in [-0.39, 0.29) is 30.3 Å². The van der Waals surface area contributed by atoms with Gasteiger partial charge in [0.2, 0.25) is 0 Å². The Morgan fingerprint density at radius 1 is 0.983 bits per heavy atom. The van der Waals surface area contributed by atoms with E-state index in [1.54, 1.807) is 12.1 Å². The van der Waals surface area contributed by atoms with Crippen LogP contribution < -0.4 is 5.73 Å². The van der Waals surface area contributed by atoms with E-state index < -0.39 is 56.9 Å². The van der Waals surface area contributed by atoms with Gasteiger partial charge in [0.05, 0.1) is 37.7 Å². The highest BCUT2D eigenvalue weighted by molar-refractivity contribution is 7.47. The Kier molecular flexibility index (Phi) is 20.0. The quantitative estimate of drug-likeness (QED) is 0.0309. The lowest BCUT2D eigenvalue weighted by atomic mass is 9.92. The molecule has 16 heteroatoms. The Labute approximate surface area is 341 Å². The summed E-state index contributed by atoms with van der Waals surface area (Å²) in [7, 11) is -4.79. The van der Waals surface area contributed by atoms with Crippen molar-refractivity contribution >= 4 is 19.2 Å². The fourth-order valence-electron chi connectivity index (χ4n) is 7.05. The molecule has 0 spiro atoms. The number of phosphoric acid groups is 1. The largest absolute Gasteiger partial charge is 0.472 e. The maximum atomic E-state index is 13.9. The van der Waals surface area contributed by atoms with Crippen LogP contribution in [0.4, 0.5) is 10.2 Å². The van der Waals surface area contributed by atoms with Crippen LogP contribution in [-0.4, -0.2) is 80.5 Å². The van der Waals surface area contributed by atoms with Crippen molar-refractivity contribution in [2.45, 2.75) is 146 Å². The van der Waals surface area contributed by atoms with Gasteiger partial charge in [0, 0.05) is 6.61 Å². The molecule has 14 nitrogen and oxygen atoms in total. The average Bonchev–Trinajstić information content (AvgIpc) is 3.77. The highest BCUT2D eigenvalue weighted by Crippen LogP contribution is 2.46. The first-order valence-electron chi connectivity index (χ1n) is 20.6. The van der Waals surface area contributed by atoms with Crippen molar-refractivity contribution in [3.05, 3.63) is 59.3 Å². The Morgan fingerprint density at radius 3 is 2.24 bits per heavy atom. The molecule has 1 aliphatic heterocycles. The molecule has 4 rings (SSSR count). The molecule has 1 fully saturated rings. The number of ether oxygens (including phenoxy) is 3. The fourth-order valence-corrected chi connectivity index (χ4v) is 7.81. The van der Waals surface area contributed by atoms with Gasteiger partial charge in [-0.1, -0.05) is 115 Å². The monoisotopic (exact) mass is 829 g/mol. The standard InChI is InChI=1S/C42H61FN5O9P/c1-3-5-6-7-8-9-10-11-12-13-14-15-16-17-18-19-24-53-28-34(54-27-32-20-21-35(43)33(25-32)26-44)29-55-58(51,52)56-30-37-39(49)40(50)42(4-2,57-37)38-23-22-36-41(45)46-31-47-48(36)38/h2,20-23,25,31,34,37,39-40,49-50H,3,5-19,24,27-30H2,1H3,(H,51,52)(H2,45,46,47)/t34-,37-,39-,40-,42+/m1/s1. The molecule has 1 aliphatic rings. The summed E-state index contributed by atoms with van der Waals surface area (Å²) in [5.74, 6) is 1.89. The molecular weight excluding hydrogens is 768 g/mol. The van der Waals surface area contributed by atoms with Gasteiger partial charge in [-0.05, 0) is 36.2 Å². The van der Waals surface area contributed by atoms with E-state index in [0.717, 1.165) is 19.3 Å². The first-order valence-corrected chi connectivity index (χ1v) is 22.1. The second-order valence-corrected chi connectivity index (χ2v) is 16.4. The van der Waals surface area contributed by atoms with Crippen LogP contribution in [0.15, 0.2) is 36.7 Å². The predicted octanol–water partition coefficient (Wildman–Crippen LogP) is 7.27. The molecule has 5 N–H and O–H groups in total. The number of hydrogen-bond acceptors (Lipinski definition) is 12. The van der Waals surface area contributed by atoms with Crippen molar-refractivity contribution in [1.82, 2.24) is 14.6 Å². The number of halogens is 1. The number of nitriles is 1. The number of rotatable bonds is 29. The Morgan fingerprint density at radius 2 is 1.62 bits per heavy atom. The second-order valence-electron chi connectivity index (χ2n) is 14.9. The van der Waals surface area contributed by atoms with Gasteiger partial charge in [0.1, 0.15) is 48.1 Å². The molecule has 0 radical (unpaired) electrons. The molecule has 3 heterocycles. The number of aromatic nitrogens is 3. The van der Waals surface area contributed by atoms with Gasteiger partial charge in [-0.25, -0.2) is 18.5 Å². The van der Waals surface area contributed by atoms with E-state index in [1.165, 1.54) is 119 Å². The summed E-state index contributed by atoms with van der Waals surface area (Å²) in [6.45, 7) is 1.56. The zero-order valence-electron chi connectivity index (χ0n) is 33.7. The smallest absolute Gasteiger partial charge is 0.387 e. The molecule has 2 aromatic heterocycles. The van der Waals surface area contributed by atoms with E-state index in [0.29, 0.717) is 17.7 Å². The highest BCUT2D eigenvalue weighted by atomic mass is 31.2. The number of fused-ring (bicyclic) bond motifs is 1. The summed E-state index contributed by atoms with van der Waals surface area (Å²) in [6, 6.07) is 8.90. The summed E-state index contributed by atoms with van der Waals surface area (Å²) >= 11 is 0. The number of nitrogens with zero attached hydrogens (tertiary/aromatic N) is 4. The Hall–Kier alpha value is -3.47. The lowest BCUT2D eigenvalue weighted by Crippen LogP contribution is -2.41. The van der Waals surface area contributed by atoms with Crippen molar-refractivity contribution in [3.8, 4) is 18.4 Å². The molecule has 0 aliphatic carbocycles. The van der Waals surface area contributed by atoms with Crippen molar-refractivity contribution in [1.29, 1.82) is 5.26 Å². The van der Waals surface area contributed by atoms with E-state index in [2.05, 4.69) is 22.9 Å². The second kappa shape index (κ2) is 24.6. The van der Waals surface area contributed by atoms with E-state index in [1.807, 2.05) is 0 Å². The third-order valence-corrected chi connectivity index (χ3v) is 11.4. The van der Waals surface area contributed by atoms with Gasteiger partial charge in [0.25, 0.3) is 0 Å². The summed E-state index contributed by atoms with van der Waals surface area (Å²) in [5, 5.41) is 35.3. The number of benzene rings is 1. The fraction of sp³-hybridized carbons (Fsp3) is 0.643. The van der Waals surface area contributed by atoms with Crippen LogP contribution in [0.2, 0.25) is 0 Å². The van der Waals surface area contributed by atoms with Crippen LogP contribution in [0.1, 0.15) is 126 Å². The normalized spacial score (nSPS) is 20.8. The van der Waals surface area contributed by atoms with Gasteiger partial charge in [-0.3, -0.25) is 9.05 Å². The molecule has 3 aromatic rings. The van der Waals surface area contributed by atoms with Gasteiger partial charge in [0.15, 0.2) is 11.4 Å². The molecule has 1 unspecified atom stereocenters. The summed E-state index contributed by atoms with van der Waals surface area (Å²) < 4.78 is 56.4. The SMILES string of the molecule is C#C[C@@]1(c2ccc3c(N)ncnn23)O[C@H](COP(=O)(O)OC[C@@H](COCCCCCCCCCCCCCCCCCC)OCc2ccc(F)c(C#N)c2)[C@@H](O)[C@H]1O. The number of terminal acetylenes is 1. The average molecular weight is 830 g/mol. The minimum absolute atomic E-state index is 0.0196. The van der Waals surface area contributed by atoms with Gasteiger partial charge >= 0.3 is 7.82 Å². The van der Waals surface area contributed by atoms with Gasteiger partial charge in [-0.2, -0.15) is 10.4 Å². The maximum Gasteiger partial charge on any atom is 0.472 e. The maximum absolute atomic E-state index is 13.9. The van der Waals surface area contributed by atoms with E-state index >= 15 is 0 Å². The van der Waals surface area contributed by atoms with Gasteiger partial charge in [-0.15, -0.1) is 6.42 Å². The van der Waals surface area contributed by atoms with Crippen molar-refractivity contribution in [3.63, 3.8) is 0 Å². The zero-order valence-corrected chi connectivity index (χ0v) is 34.6. The third-order valence-electron chi connectivity index (χ3n) is 10.4. The number of anilines is 1. The molecule has 1 aromatic carbocycles.